The fraction of sp³-hybridized carbons (Fsp3) is 0.250. The first-order chi connectivity index (χ1) is 15.9. The van der Waals surface area contributed by atoms with Crippen molar-refractivity contribution in [2.24, 2.45) is 0 Å². The summed E-state index contributed by atoms with van der Waals surface area (Å²) in [4.78, 5) is 26.0. The molecule has 2 aromatic carbocycles. The number of fused-ring (bicyclic) bond motifs is 2. The van der Waals surface area contributed by atoms with Gasteiger partial charge in [0, 0.05) is 17.8 Å². The van der Waals surface area contributed by atoms with E-state index in [1.54, 1.807) is 43.3 Å². The van der Waals surface area contributed by atoms with E-state index in [2.05, 4.69) is 5.32 Å². The van der Waals surface area contributed by atoms with Crippen molar-refractivity contribution in [1.82, 2.24) is 0 Å². The lowest BCUT2D eigenvalue weighted by molar-refractivity contribution is -0.122. The summed E-state index contributed by atoms with van der Waals surface area (Å²) < 4.78 is 27.4. The molecule has 0 aliphatic carbocycles. The van der Waals surface area contributed by atoms with Gasteiger partial charge in [-0.3, -0.25) is 4.79 Å². The number of carbonyl (C=O) groups excluding carboxylic acids is 1. The summed E-state index contributed by atoms with van der Waals surface area (Å²) in [5.41, 5.74) is 0.612. The van der Waals surface area contributed by atoms with Gasteiger partial charge in [-0.25, -0.2) is 4.79 Å². The van der Waals surface area contributed by atoms with Gasteiger partial charge < -0.3 is 33.8 Å². The van der Waals surface area contributed by atoms with Gasteiger partial charge in [-0.1, -0.05) is 6.07 Å². The third kappa shape index (κ3) is 3.71. The zero-order valence-electron chi connectivity index (χ0n) is 17.9. The van der Waals surface area contributed by atoms with Crippen LogP contribution in [0.2, 0.25) is 0 Å². The molecular formula is C24H21NO8. The van der Waals surface area contributed by atoms with E-state index in [0.717, 1.165) is 0 Å². The second kappa shape index (κ2) is 8.09. The molecule has 9 nitrogen and oxygen atoms in total. The molecule has 2 N–H and O–H groups in total. The van der Waals surface area contributed by atoms with Crippen LogP contribution in [0.1, 0.15) is 22.8 Å². The highest BCUT2D eigenvalue weighted by molar-refractivity contribution is 5.96. The fourth-order valence-electron chi connectivity index (χ4n) is 4.11. The molecule has 0 saturated heterocycles. The Morgan fingerprint density at radius 1 is 1.06 bits per heavy atom. The standard InChI is InChI=1S/C24H21NO8/c1-12-9-19-21(24(28)32-12)20(13-3-5-16(29-2)15(26)10-13)22(33-19)23(27)25-14-4-6-17-18(11-14)31-8-7-30-17/h3-6,9-11,20,22,26H,7-8H2,1-2H3,(H,25,27)/t20-,22-/m0/s1. The van der Waals surface area contributed by atoms with E-state index in [9.17, 15) is 14.7 Å². The minimum atomic E-state index is -1.08. The lowest BCUT2D eigenvalue weighted by Gasteiger charge is -2.21. The SMILES string of the molecule is COc1ccc([C@H]2c3c(cc(C)oc3=O)O[C@@H]2C(=O)Nc2ccc3c(c2)OCCO3)cc1O. The summed E-state index contributed by atoms with van der Waals surface area (Å²) in [7, 11) is 1.43. The number of phenols is 1. The molecule has 0 radical (unpaired) electrons. The van der Waals surface area contributed by atoms with Crippen LogP contribution in [0.3, 0.4) is 0 Å². The number of aryl methyl sites for hydroxylation is 1. The van der Waals surface area contributed by atoms with Gasteiger partial charge in [-0.15, -0.1) is 0 Å². The first-order valence-electron chi connectivity index (χ1n) is 10.3. The summed E-state index contributed by atoms with van der Waals surface area (Å²) in [6.45, 7) is 2.51. The van der Waals surface area contributed by atoms with Gasteiger partial charge in [0.2, 0.25) is 0 Å². The lowest BCUT2D eigenvalue weighted by atomic mass is 9.88. The van der Waals surface area contributed by atoms with E-state index in [-0.39, 0.29) is 22.8 Å². The molecule has 3 aromatic rings. The Hall–Kier alpha value is -4.14. The normalized spacial score (nSPS) is 18.2. The summed E-state index contributed by atoms with van der Waals surface area (Å²) in [6.07, 6.45) is -1.08. The number of methoxy groups -OCH3 is 1. The number of ether oxygens (including phenoxy) is 4. The van der Waals surface area contributed by atoms with Crippen LogP contribution in [-0.2, 0) is 4.79 Å². The van der Waals surface area contributed by atoms with E-state index in [1.807, 2.05) is 0 Å². The second-order valence-electron chi connectivity index (χ2n) is 7.72. The molecule has 1 amide bonds. The van der Waals surface area contributed by atoms with E-state index in [4.69, 9.17) is 23.4 Å². The number of amides is 1. The maximum absolute atomic E-state index is 13.3. The number of anilines is 1. The number of benzene rings is 2. The molecule has 9 heteroatoms. The minimum Gasteiger partial charge on any atom is -0.504 e. The Balaban J connectivity index is 1.51. The Morgan fingerprint density at radius 2 is 1.85 bits per heavy atom. The Morgan fingerprint density at radius 3 is 2.61 bits per heavy atom. The van der Waals surface area contributed by atoms with Crippen LogP contribution in [0, 0.1) is 6.92 Å². The van der Waals surface area contributed by atoms with E-state index in [1.165, 1.54) is 13.2 Å². The molecule has 2 aliphatic heterocycles. The minimum absolute atomic E-state index is 0.119. The number of rotatable bonds is 4. The van der Waals surface area contributed by atoms with Gasteiger partial charge in [0.25, 0.3) is 5.91 Å². The molecule has 1 aromatic heterocycles. The summed E-state index contributed by atoms with van der Waals surface area (Å²) in [5.74, 6) is 0.642. The number of hydrogen-bond acceptors (Lipinski definition) is 8. The molecule has 0 unspecified atom stereocenters. The van der Waals surface area contributed by atoms with Crippen LogP contribution < -0.4 is 29.9 Å². The van der Waals surface area contributed by atoms with Crippen LogP contribution in [0.5, 0.6) is 28.7 Å². The maximum atomic E-state index is 13.3. The van der Waals surface area contributed by atoms with Crippen molar-refractivity contribution < 1.29 is 33.3 Å². The highest BCUT2D eigenvalue weighted by Gasteiger charge is 2.43. The smallest absolute Gasteiger partial charge is 0.343 e. The molecular weight excluding hydrogens is 430 g/mol. The van der Waals surface area contributed by atoms with Gasteiger partial charge in [-0.2, -0.15) is 0 Å². The molecule has 5 rings (SSSR count). The van der Waals surface area contributed by atoms with Crippen molar-refractivity contribution in [3.8, 4) is 28.7 Å². The van der Waals surface area contributed by atoms with Crippen LogP contribution in [0.4, 0.5) is 5.69 Å². The number of hydrogen-bond donors (Lipinski definition) is 2. The number of phenolic OH excluding ortho intramolecular Hbond substituents is 1. The highest BCUT2D eigenvalue weighted by atomic mass is 16.6. The summed E-state index contributed by atoms with van der Waals surface area (Å²) in [6, 6.07) is 11.3. The van der Waals surface area contributed by atoms with Crippen LogP contribution >= 0.6 is 0 Å². The largest absolute Gasteiger partial charge is 0.504 e. The van der Waals surface area contributed by atoms with Crippen LogP contribution in [0.15, 0.2) is 51.7 Å². The van der Waals surface area contributed by atoms with Gasteiger partial charge in [0.15, 0.2) is 29.1 Å². The van der Waals surface area contributed by atoms with Crippen molar-refractivity contribution in [1.29, 1.82) is 0 Å². The highest BCUT2D eigenvalue weighted by Crippen LogP contribution is 2.43. The number of carbonyl (C=O) groups is 1. The van der Waals surface area contributed by atoms with Crippen molar-refractivity contribution >= 4 is 11.6 Å². The van der Waals surface area contributed by atoms with Crippen molar-refractivity contribution in [2.75, 3.05) is 25.6 Å². The van der Waals surface area contributed by atoms with Crippen molar-refractivity contribution in [2.45, 2.75) is 18.9 Å². The van der Waals surface area contributed by atoms with Gasteiger partial charge in [0.1, 0.15) is 24.7 Å². The molecule has 0 fully saturated rings. The first kappa shape index (κ1) is 20.7. The molecule has 2 atom stereocenters. The van der Waals surface area contributed by atoms with Crippen molar-refractivity contribution in [3.63, 3.8) is 0 Å². The average molecular weight is 451 g/mol. The van der Waals surface area contributed by atoms with E-state index in [0.29, 0.717) is 41.7 Å². The predicted molar refractivity (Wildman–Crippen MR) is 117 cm³/mol. The first-order valence-corrected chi connectivity index (χ1v) is 10.3. The van der Waals surface area contributed by atoms with E-state index < -0.39 is 23.6 Å². The molecule has 3 heterocycles. The zero-order valence-corrected chi connectivity index (χ0v) is 17.9. The van der Waals surface area contributed by atoms with Crippen LogP contribution in [0.25, 0.3) is 0 Å². The summed E-state index contributed by atoms with van der Waals surface area (Å²) >= 11 is 0. The van der Waals surface area contributed by atoms with Crippen molar-refractivity contribution in [3.05, 3.63) is 69.8 Å². The van der Waals surface area contributed by atoms with E-state index >= 15 is 0 Å². The van der Waals surface area contributed by atoms with Crippen LogP contribution in [-0.4, -0.2) is 37.4 Å². The fourth-order valence-corrected chi connectivity index (χ4v) is 4.11. The lowest BCUT2D eigenvalue weighted by Crippen LogP contribution is -2.35. The Labute approximate surface area is 188 Å². The molecule has 170 valence electrons. The topological polar surface area (TPSA) is 116 Å². The Kier molecular flexibility index (Phi) is 5.08. The Bertz CT molecular complexity index is 1300. The molecule has 0 spiro atoms. The third-order valence-electron chi connectivity index (χ3n) is 5.57. The maximum Gasteiger partial charge on any atom is 0.343 e. The zero-order chi connectivity index (χ0) is 23.1. The third-order valence-corrected chi connectivity index (χ3v) is 5.57. The van der Waals surface area contributed by atoms with Gasteiger partial charge >= 0.3 is 5.63 Å². The molecule has 0 bridgehead atoms. The molecule has 2 aliphatic rings. The average Bonchev–Trinajstić information content (AvgIpc) is 3.19. The monoisotopic (exact) mass is 451 g/mol. The van der Waals surface area contributed by atoms with Gasteiger partial charge in [-0.05, 0) is 36.8 Å². The predicted octanol–water partition coefficient (Wildman–Crippen LogP) is 2.97. The van der Waals surface area contributed by atoms with Gasteiger partial charge in [0.05, 0.1) is 18.6 Å². The second-order valence-corrected chi connectivity index (χ2v) is 7.72. The number of nitrogens with one attached hydrogen (secondary N) is 1. The molecule has 0 saturated carbocycles. The molecule has 33 heavy (non-hydrogen) atoms. The summed E-state index contributed by atoms with van der Waals surface area (Å²) in [5, 5.41) is 13.1. The quantitative estimate of drug-likeness (QED) is 0.622. The number of aromatic hydroxyl groups is 1.